The minimum absolute atomic E-state index is 0.00137. The average Bonchev–Trinajstić information content (AvgIpc) is 4.13. The van der Waals surface area contributed by atoms with Crippen LogP contribution in [0, 0.1) is 3.57 Å². The number of nitrogens with zero attached hydrogens (tertiary/aromatic N) is 5. The van der Waals surface area contributed by atoms with Crippen LogP contribution in [0.25, 0.3) is 21.8 Å². The zero-order valence-corrected chi connectivity index (χ0v) is 41.9. The third-order valence-corrected chi connectivity index (χ3v) is 14.3. The van der Waals surface area contributed by atoms with Gasteiger partial charge in [-0.2, -0.15) is 27.8 Å². The zero-order valence-electron chi connectivity index (χ0n) is 39.7. The second-order valence-electron chi connectivity index (χ2n) is 19.2. The summed E-state index contributed by atoms with van der Waals surface area (Å²) in [5.41, 5.74) is 3.83. The van der Waals surface area contributed by atoms with Crippen LogP contribution in [0.4, 0.5) is 40.8 Å². The van der Waals surface area contributed by atoms with Crippen LogP contribution in [0.15, 0.2) is 109 Å². The van der Waals surface area contributed by atoms with Crippen LogP contribution >= 0.6 is 22.6 Å². The average molecular weight is 1130 g/mol. The quantitative estimate of drug-likeness (QED) is 0.0972. The summed E-state index contributed by atoms with van der Waals surface area (Å²) in [4.78, 5) is 49.5. The van der Waals surface area contributed by atoms with Crippen molar-refractivity contribution in [1.29, 1.82) is 0 Å². The second kappa shape index (κ2) is 21.4. The lowest BCUT2D eigenvalue weighted by molar-refractivity contribution is -0.144. The van der Waals surface area contributed by atoms with Gasteiger partial charge >= 0.3 is 11.8 Å². The van der Waals surface area contributed by atoms with E-state index in [0.717, 1.165) is 30.9 Å². The number of aromatic nitrogens is 4. The Labute approximate surface area is 428 Å². The summed E-state index contributed by atoms with van der Waals surface area (Å²) < 4.78 is 111. The molecule has 2 saturated carbocycles. The molecule has 2 unspecified atom stereocenters. The number of amides is 4. The molecule has 0 radical (unpaired) electrons. The highest BCUT2D eigenvalue weighted by Crippen LogP contribution is 2.43. The van der Waals surface area contributed by atoms with Gasteiger partial charge in [0.05, 0.1) is 59.7 Å². The first-order valence-electron chi connectivity index (χ1n) is 23.9. The molecule has 21 heteroatoms. The summed E-state index contributed by atoms with van der Waals surface area (Å²) in [6, 6.07) is 26.6. The first-order valence-corrected chi connectivity index (χ1v) is 25.0. The molecular formula is C52H53F8IN8O4. The van der Waals surface area contributed by atoms with Crippen molar-refractivity contribution in [3.63, 3.8) is 0 Å². The Morgan fingerprint density at radius 2 is 1.11 bits per heavy atom. The molecule has 2 aliphatic heterocycles. The second-order valence-corrected chi connectivity index (χ2v) is 20.5. The van der Waals surface area contributed by atoms with Crippen molar-refractivity contribution >= 4 is 73.7 Å². The first kappa shape index (κ1) is 53.2. The largest absolute Gasteiger partial charge is 0.347 e. The van der Waals surface area contributed by atoms with Crippen molar-refractivity contribution in [2.24, 2.45) is 0 Å². The molecule has 2 aliphatic carbocycles. The fourth-order valence-electron chi connectivity index (χ4n) is 9.89. The molecule has 12 nitrogen and oxygen atoms in total. The third kappa shape index (κ3) is 12.6. The highest BCUT2D eigenvalue weighted by atomic mass is 127. The Morgan fingerprint density at radius 1 is 0.644 bits per heavy atom. The van der Waals surface area contributed by atoms with Gasteiger partial charge in [0.1, 0.15) is 0 Å². The van der Waals surface area contributed by atoms with Crippen LogP contribution in [0.2, 0.25) is 0 Å². The van der Waals surface area contributed by atoms with Crippen molar-refractivity contribution < 1.29 is 54.3 Å². The molecule has 2 aromatic heterocycles. The molecule has 4 heterocycles. The number of carbonyl (C=O) groups is 4. The van der Waals surface area contributed by atoms with Gasteiger partial charge in [-0.1, -0.05) is 60.7 Å². The molecule has 4 amide bonds. The highest BCUT2D eigenvalue weighted by Gasteiger charge is 2.46. The number of nitrogens with one attached hydrogen (secondary N) is 3. The van der Waals surface area contributed by atoms with Gasteiger partial charge in [-0.15, -0.1) is 0 Å². The van der Waals surface area contributed by atoms with Gasteiger partial charge < -0.3 is 20.9 Å². The Hall–Kier alpha value is -6.13. The lowest BCUT2D eigenvalue weighted by Crippen LogP contribution is -2.46. The summed E-state index contributed by atoms with van der Waals surface area (Å²) >= 11 is 2.26. The predicted molar refractivity (Wildman–Crippen MR) is 265 cm³/mol. The molecule has 0 bridgehead atoms. The Bertz CT molecular complexity index is 2930. The van der Waals surface area contributed by atoms with E-state index in [9.17, 15) is 54.3 Å². The van der Waals surface area contributed by atoms with Crippen LogP contribution in [0.5, 0.6) is 0 Å². The number of hydrogen-bond donors (Lipinski definition) is 3. The fraction of sp³-hybridized carbons (Fsp3) is 0.423. The Kier molecular flexibility index (Phi) is 15.6. The smallest absolute Gasteiger partial charge is 0.321 e. The van der Waals surface area contributed by atoms with Crippen molar-refractivity contribution in [3.8, 4) is 0 Å². The molecular weight excluding hydrogens is 1080 g/mol. The summed E-state index contributed by atoms with van der Waals surface area (Å²) in [6.45, 7) is 1.05. The van der Waals surface area contributed by atoms with Gasteiger partial charge in [-0.3, -0.25) is 28.5 Å². The number of rotatable bonds is 9. The number of benzene rings is 4. The van der Waals surface area contributed by atoms with Gasteiger partial charge in [0.25, 0.3) is 11.8 Å². The number of alkyl halides is 8. The molecule has 4 aromatic carbocycles. The van der Waals surface area contributed by atoms with E-state index in [1.54, 1.807) is 83.7 Å². The molecule has 0 spiro atoms. The van der Waals surface area contributed by atoms with Crippen LogP contribution in [-0.4, -0.2) is 79.0 Å². The van der Waals surface area contributed by atoms with Gasteiger partial charge in [0, 0.05) is 72.4 Å². The third-order valence-electron chi connectivity index (χ3n) is 13.7. The van der Waals surface area contributed by atoms with E-state index in [1.807, 2.05) is 29.1 Å². The van der Waals surface area contributed by atoms with E-state index in [2.05, 4.69) is 54.8 Å². The Morgan fingerprint density at radius 3 is 1.62 bits per heavy atom. The predicted octanol–water partition coefficient (Wildman–Crippen LogP) is 11.2. The number of carbonyl (C=O) groups excluding carboxylic acids is 4. The number of hydrogen-bond acceptors (Lipinski definition) is 6. The van der Waals surface area contributed by atoms with E-state index in [-0.39, 0.29) is 62.4 Å². The summed E-state index contributed by atoms with van der Waals surface area (Å²) in [5, 5.41) is 17.9. The van der Waals surface area contributed by atoms with E-state index in [1.165, 1.54) is 4.90 Å². The fourth-order valence-corrected chi connectivity index (χ4v) is 10.4. The lowest BCUT2D eigenvalue weighted by Gasteiger charge is -2.30. The van der Waals surface area contributed by atoms with Crippen LogP contribution in [0.3, 0.4) is 0 Å². The maximum atomic E-state index is 13.6. The van der Waals surface area contributed by atoms with Crippen molar-refractivity contribution in [3.05, 3.63) is 124 Å². The SMILES string of the molecule is CC(F)(F)C(=O)N[C@H]1CC(=O)N(c2ccc3c(cnn3C3CCC(F)(F)CC3)c2)C1c1ccccc1.CC(F)(F)C(=O)N[C@H]1CC(=O)NC1c1ccccc1.FC1(F)CCC(n2ncc3cc(I)ccc32)CC1. The van der Waals surface area contributed by atoms with Crippen molar-refractivity contribution in [1.82, 2.24) is 35.5 Å². The van der Waals surface area contributed by atoms with Gasteiger partial charge in [-0.25, -0.2) is 17.6 Å². The normalized spacial score (nSPS) is 22.3. The molecule has 2 saturated heterocycles. The maximum absolute atomic E-state index is 13.6. The molecule has 3 N–H and O–H groups in total. The van der Waals surface area contributed by atoms with Crippen LogP contribution in [0.1, 0.15) is 113 Å². The molecule has 4 atom stereocenters. The maximum Gasteiger partial charge on any atom is 0.321 e. The van der Waals surface area contributed by atoms with Crippen LogP contribution in [-0.2, 0) is 19.2 Å². The summed E-state index contributed by atoms with van der Waals surface area (Å²) in [6.07, 6.45) is 4.61. The van der Waals surface area contributed by atoms with E-state index in [0.29, 0.717) is 50.8 Å². The zero-order chi connectivity index (χ0) is 52.5. The Balaban J connectivity index is 0.000000161. The molecule has 10 rings (SSSR count). The molecule has 73 heavy (non-hydrogen) atoms. The molecule has 6 aromatic rings. The topological polar surface area (TPSA) is 143 Å². The summed E-state index contributed by atoms with van der Waals surface area (Å²) in [7, 11) is 0. The molecule has 388 valence electrons. The van der Waals surface area contributed by atoms with E-state index < -0.39 is 59.7 Å². The standard InChI is InChI=1S/C26H26F4N4O2.C13H13F2IN2.C13H14F2N2O2/c1-25(27,28)24(36)32-20-14-22(35)33(23(20)16-5-3-2-4-6-16)19-7-8-21-17(13-19)15-31-34(21)18-9-11-26(29,30)12-10-18;14-13(15)5-3-11(4-6-13)18-12-2-1-10(16)7-9(12)8-17-18;1-13(14,15)12(19)16-9-7-10(18)17-11(9)8-5-3-2-4-6-8/h2-8,13,15,18,20,23H,9-12,14H2,1H3,(H,32,36);1-2,7-8,11H,3-6H2;2-6,9,11H,7H2,1H3,(H,16,19)(H,17,18)/t20-,23?;;9-,11?/m0.0/s1. The van der Waals surface area contributed by atoms with E-state index >= 15 is 0 Å². The number of halogens is 9. The van der Waals surface area contributed by atoms with Crippen LogP contribution < -0.4 is 20.9 Å². The van der Waals surface area contributed by atoms with Gasteiger partial charge in [0.15, 0.2) is 0 Å². The summed E-state index contributed by atoms with van der Waals surface area (Å²) in [5.74, 6) is -15.5. The highest BCUT2D eigenvalue weighted by molar-refractivity contribution is 14.1. The minimum atomic E-state index is -3.58. The molecule has 4 fully saturated rings. The monoisotopic (exact) mass is 1130 g/mol. The van der Waals surface area contributed by atoms with Gasteiger partial charge in [-0.05, 0) is 95.8 Å². The van der Waals surface area contributed by atoms with Crippen molar-refractivity contribution in [2.75, 3.05) is 4.90 Å². The van der Waals surface area contributed by atoms with Crippen molar-refractivity contribution in [2.45, 2.75) is 138 Å². The van der Waals surface area contributed by atoms with Gasteiger partial charge in [0.2, 0.25) is 23.7 Å². The first-order chi connectivity index (χ1) is 34.5. The minimum Gasteiger partial charge on any atom is -0.347 e. The molecule has 4 aliphatic rings. The number of fused-ring (bicyclic) bond motifs is 2. The lowest BCUT2D eigenvalue weighted by atomic mass is 9.92. The number of anilines is 1. The van der Waals surface area contributed by atoms with E-state index in [4.69, 9.17) is 0 Å².